The first-order valence-corrected chi connectivity index (χ1v) is 7.12. The van der Waals surface area contributed by atoms with Gasteiger partial charge >= 0.3 is 0 Å². The molecule has 0 bridgehead atoms. The number of phenols is 2. The Morgan fingerprint density at radius 3 is 2.25 bits per heavy atom. The Hall–Kier alpha value is -1.64. The number of hydrogen-bond acceptors (Lipinski definition) is 3. The maximum atomic E-state index is 10.3. The summed E-state index contributed by atoms with van der Waals surface area (Å²) in [6, 6.07) is 0. The molecule has 20 heavy (non-hydrogen) atoms. The molecule has 1 aromatic carbocycles. The molecule has 0 radical (unpaired) electrons. The Labute approximate surface area is 120 Å². The molecule has 3 nitrogen and oxygen atoms in total. The summed E-state index contributed by atoms with van der Waals surface area (Å²) >= 11 is 0. The Morgan fingerprint density at radius 1 is 1.10 bits per heavy atom. The largest absolute Gasteiger partial charge is 0.507 e. The summed E-state index contributed by atoms with van der Waals surface area (Å²) in [4.78, 5) is 0. The molecule has 1 atom stereocenters. The number of aromatic hydroxyl groups is 2. The van der Waals surface area contributed by atoms with Gasteiger partial charge in [0.15, 0.2) is 0 Å². The highest BCUT2D eigenvalue weighted by atomic mass is 16.5. The van der Waals surface area contributed by atoms with Crippen molar-refractivity contribution < 1.29 is 14.9 Å². The minimum Gasteiger partial charge on any atom is -0.507 e. The average Bonchev–Trinajstić information content (AvgIpc) is 2.74. The maximum Gasteiger partial charge on any atom is 0.122 e. The lowest BCUT2D eigenvalue weighted by molar-refractivity contribution is 0.0503. The van der Waals surface area contributed by atoms with Crippen LogP contribution in [-0.2, 0) is 11.2 Å². The summed E-state index contributed by atoms with van der Waals surface area (Å²) in [5, 5.41) is 20.5. The average molecular weight is 276 g/mol. The van der Waals surface area contributed by atoms with Crippen LogP contribution in [0.2, 0.25) is 0 Å². The molecule has 0 aromatic heterocycles. The van der Waals surface area contributed by atoms with E-state index in [9.17, 15) is 10.2 Å². The van der Waals surface area contributed by atoms with Crippen molar-refractivity contribution in [2.75, 3.05) is 0 Å². The summed E-state index contributed by atoms with van der Waals surface area (Å²) in [5.74, 6) is 1.44. The molecular formula is C17H24O3. The van der Waals surface area contributed by atoms with Crippen molar-refractivity contribution in [2.24, 2.45) is 0 Å². The molecule has 0 spiro atoms. The van der Waals surface area contributed by atoms with Crippen LogP contribution in [0, 0.1) is 20.8 Å². The van der Waals surface area contributed by atoms with E-state index in [1.165, 1.54) is 0 Å². The van der Waals surface area contributed by atoms with Gasteiger partial charge in [-0.1, -0.05) is 6.58 Å². The zero-order valence-electron chi connectivity index (χ0n) is 12.8. The van der Waals surface area contributed by atoms with Crippen LogP contribution < -0.4 is 0 Å². The highest BCUT2D eigenvalue weighted by Crippen LogP contribution is 2.40. The molecule has 110 valence electrons. The number of phenolic OH excluding ortho intramolecular Hbond substituents is 2. The first kappa shape index (κ1) is 14.8. The number of hydrogen-bond donors (Lipinski definition) is 2. The quantitative estimate of drug-likeness (QED) is 0.819. The van der Waals surface area contributed by atoms with Gasteiger partial charge < -0.3 is 14.9 Å². The van der Waals surface area contributed by atoms with Gasteiger partial charge in [0.25, 0.3) is 0 Å². The van der Waals surface area contributed by atoms with Gasteiger partial charge in [-0.3, -0.25) is 0 Å². The van der Waals surface area contributed by atoms with Gasteiger partial charge in [0.2, 0.25) is 0 Å². The molecular weight excluding hydrogens is 252 g/mol. The Kier molecular flexibility index (Phi) is 3.72. The topological polar surface area (TPSA) is 49.7 Å². The molecule has 3 heteroatoms. The normalized spacial score (nSPS) is 22.1. The third-order valence-corrected chi connectivity index (χ3v) is 4.59. The van der Waals surface area contributed by atoms with Gasteiger partial charge in [-0.2, -0.15) is 0 Å². The van der Waals surface area contributed by atoms with Gasteiger partial charge in [0.1, 0.15) is 17.1 Å². The van der Waals surface area contributed by atoms with Crippen molar-refractivity contribution in [1.82, 2.24) is 0 Å². The standard InChI is InChI=1S/C17H24O3/c1-10-6-8-17(5,20-10)9-7-14-13(4)15(18)11(2)12(3)16(14)19/h18-19H,1,6-9H2,2-5H3. The number of benzene rings is 1. The van der Waals surface area contributed by atoms with E-state index in [0.717, 1.165) is 47.3 Å². The molecule has 0 saturated carbocycles. The predicted molar refractivity (Wildman–Crippen MR) is 80.2 cm³/mol. The van der Waals surface area contributed by atoms with Crippen LogP contribution in [0.25, 0.3) is 0 Å². The zero-order chi connectivity index (χ0) is 15.1. The van der Waals surface area contributed by atoms with E-state index in [2.05, 4.69) is 13.5 Å². The van der Waals surface area contributed by atoms with Crippen molar-refractivity contribution in [3.8, 4) is 11.5 Å². The van der Waals surface area contributed by atoms with Crippen molar-refractivity contribution in [3.63, 3.8) is 0 Å². The fraction of sp³-hybridized carbons (Fsp3) is 0.529. The summed E-state index contributed by atoms with van der Waals surface area (Å²) in [6.45, 7) is 11.5. The molecule has 2 N–H and O–H groups in total. The summed E-state index contributed by atoms with van der Waals surface area (Å²) in [5.41, 5.74) is 2.90. The SMILES string of the molecule is C=C1CCC(C)(CCc2c(C)c(O)c(C)c(C)c2O)O1. The van der Waals surface area contributed by atoms with Gasteiger partial charge in [-0.05, 0) is 63.6 Å². The molecule has 0 aliphatic carbocycles. The van der Waals surface area contributed by atoms with E-state index >= 15 is 0 Å². The first-order chi connectivity index (χ1) is 9.25. The lowest BCUT2D eigenvalue weighted by Gasteiger charge is -2.25. The van der Waals surface area contributed by atoms with Gasteiger partial charge in [-0.15, -0.1) is 0 Å². The second-order valence-corrected chi connectivity index (χ2v) is 6.14. The van der Waals surface area contributed by atoms with Crippen molar-refractivity contribution in [2.45, 2.75) is 59.0 Å². The minimum atomic E-state index is -0.204. The lowest BCUT2D eigenvalue weighted by atomic mass is 9.89. The van der Waals surface area contributed by atoms with Gasteiger partial charge in [0, 0.05) is 12.0 Å². The Morgan fingerprint density at radius 2 is 1.70 bits per heavy atom. The van der Waals surface area contributed by atoms with E-state index in [1.54, 1.807) is 0 Å². The van der Waals surface area contributed by atoms with Crippen LogP contribution in [0.3, 0.4) is 0 Å². The fourth-order valence-corrected chi connectivity index (χ4v) is 2.91. The van der Waals surface area contributed by atoms with E-state index in [-0.39, 0.29) is 11.4 Å². The van der Waals surface area contributed by atoms with E-state index in [0.29, 0.717) is 12.2 Å². The monoisotopic (exact) mass is 276 g/mol. The van der Waals surface area contributed by atoms with Gasteiger partial charge in [-0.25, -0.2) is 0 Å². The molecule has 1 heterocycles. The zero-order valence-corrected chi connectivity index (χ0v) is 12.8. The molecule has 0 amide bonds. The molecule has 1 saturated heterocycles. The Bertz CT molecular complexity index is 531. The van der Waals surface area contributed by atoms with E-state index < -0.39 is 0 Å². The van der Waals surface area contributed by atoms with Crippen LogP contribution in [0.15, 0.2) is 12.3 Å². The van der Waals surface area contributed by atoms with E-state index in [4.69, 9.17) is 4.74 Å². The first-order valence-electron chi connectivity index (χ1n) is 7.12. The van der Waals surface area contributed by atoms with Crippen molar-refractivity contribution >= 4 is 0 Å². The molecule has 1 aliphatic rings. The number of ether oxygens (including phenoxy) is 1. The molecule has 1 unspecified atom stereocenters. The van der Waals surface area contributed by atoms with Crippen LogP contribution in [-0.4, -0.2) is 15.8 Å². The van der Waals surface area contributed by atoms with Gasteiger partial charge in [0.05, 0.1) is 5.76 Å². The van der Waals surface area contributed by atoms with Crippen LogP contribution in [0.1, 0.15) is 48.4 Å². The van der Waals surface area contributed by atoms with E-state index in [1.807, 2.05) is 20.8 Å². The fourth-order valence-electron chi connectivity index (χ4n) is 2.91. The number of allylic oxidation sites excluding steroid dienone is 1. The number of rotatable bonds is 3. The van der Waals surface area contributed by atoms with Crippen LogP contribution >= 0.6 is 0 Å². The van der Waals surface area contributed by atoms with Crippen molar-refractivity contribution in [1.29, 1.82) is 0 Å². The molecule has 1 aliphatic heterocycles. The summed E-state index contributed by atoms with van der Waals surface area (Å²) in [7, 11) is 0. The second-order valence-electron chi connectivity index (χ2n) is 6.14. The predicted octanol–water partition coefficient (Wildman–Crippen LogP) is 4.04. The highest BCUT2D eigenvalue weighted by molar-refractivity contribution is 5.56. The third-order valence-electron chi connectivity index (χ3n) is 4.59. The molecule has 1 fully saturated rings. The smallest absolute Gasteiger partial charge is 0.122 e. The summed E-state index contributed by atoms with van der Waals surface area (Å²) in [6.07, 6.45) is 3.36. The molecule has 2 rings (SSSR count). The Balaban J connectivity index is 2.24. The lowest BCUT2D eigenvalue weighted by Crippen LogP contribution is -2.23. The third kappa shape index (κ3) is 2.49. The summed E-state index contributed by atoms with van der Waals surface area (Å²) < 4.78 is 5.80. The highest BCUT2D eigenvalue weighted by Gasteiger charge is 2.33. The van der Waals surface area contributed by atoms with Crippen LogP contribution in [0.4, 0.5) is 0 Å². The minimum absolute atomic E-state index is 0.204. The molecule has 1 aromatic rings. The second kappa shape index (κ2) is 5.04. The van der Waals surface area contributed by atoms with Crippen LogP contribution in [0.5, 0.6) is 11.5 Å². The van der Waals surface area contributed by atoms with Crippen molar-refractivity contribution in [3.05, 3.63) is 34.6 Å². The maximum absolute atomic E-state index is 10.3.